The molecule has 0 saturated carbocycles. The van der Waals surface area contributed by atoms with E-state index in [1.165, 1.54) is 0 Å². The second kappa shape index (κ2) is 5.83. The van der Waals surface area contributed by atoms with Crippen molar-refractivity contribution in [1.82, 2.24) is 0 Å². The van der Waals surface area contributed by atoms with Gasteiger partial charge in [-0.05, 0) is 23.8 Å². The molecule has 0 spiro atoms. The van der Waals surface area contributed by atoms with Crippen LogP contribution in [0, 0.1) is 0 Å². The van der Waals surface area contributed by atoms with Crippen molar-refractivity contribution in [3.8, 4) is 0 Å². The predicted octanol–water partition coefficient (Wildman–Crippen LogP) is 1.75. The topological polar surface area (TPSA) is 87.7 Å². The van der Waals surface area contributed by atoms with E-state index in [1.807, 2.05) is 54.6 Å². The summed E-state index contributed by atoms with van der Waals surface area (Å²) in [4.78, 5) is 11.5. The monoisotopic (exact) mass is 293 g/mol. The van der Waals surface area contributed by atoms with Crippen LogP contribution in [0.1, 0.15) is 11.1 Å². The lowest BCUT2D eigenvalue weighted by Gasteiger charge is -2.22. The van der Waals surface area contributed by atoms with E-state index in [0.29, 0.717) is 5.71 Å². The third-order valence-corrected chi connectivity index (χ3v) is 3.47. The Kier molecular flexibility index (Phi) is 3.72. The first kappa shape index (κ1) is 14.0. The van der Waals surface area contributed by atoms with Gasteiger partial charge in [-0.3, -0.25) is 10.2 Å². The van der Waals surface area contributed by atoms with Crippen LogP contribution in [0.25, 0.3) is 6.08 Å². The number of amides is 1. The van der Waals surface area contributed by atoms with Gasteiger partial charge in [-0.2, -0.15) is 5.10 Å². The maximum atomic E-state index is 11.5. The number of aliphatic hydroxyl groups is 1. The standard InChI is InChI=1S/C17H15N3O2/c18-17(22)14-10-11-6-4-5-9-13(11)15(16(14)21)20-19-12-7-2-1-3-8-12/h1-10,16,19,21H,(H2,18,22)/b20-15-. The first-order valence-electron chi connectivity index (χ1n) is 6.84. The summed E-state index contributed by atoms with van der Waals surface area (Å²) in [5.41, 5.74) is 11.1. The van der Waals surface area contributed by atoms with Gasteiger partial charge >= 0.3 is 0 Å². The van der Waals surface area contributed by atoms with Gasteiger partial charge in [0.2, 0.25) is 5.91 Å². The number of benzene rings is 2. The number of nitrogens with zero attached hydrogens (tertiary/aromatic N) is 1. The van der Waals surface area contributed by atoms with Gasteiger partial charge in [-0.15, -0.1) is 0 Å². The van der Waals surface area contributed by atoms with Crippen LogP contribution in [0.15, 0.2) is 65.3 Å². The number of primary amides is 1. The smallest absolute Gasteiger partial charge is 0.247 e. The van der Waals surface area contributed by atoms with E-state index in [2.05, 4.69) is 10.5 Å². The molecular formula is C17H15N3O2. The van der Waals surface area contributed by atoms with E-state index in [4.69, 9.17) is 5.73 Å². The fraction of sp³-hybridized carbons (Fsp3) is 0.0588. The van der Waals surface area contributed by atoms with Gasteiger partial charge in [0.25, 0.3) is 0 Å². The van der Waals surface area contributed by atoms with Gasteiger partial charge in [0.15, 0.2) is 0 Å². The highest BCUT2D eigenvalue weighted by Gasteiger charge is 2.29. The van der Waals surface area contributed by atoms with Crippen molar-refractivity contribution in [2.24, 2.45) is 10.8 Å². The van der Waals surface area contributed by atoms with Crippen LogP contribution in [0.3, 0.4) is 0 Å². The molecule has 5 heteroatoms. The number of anilines is 1. The fourth-order valence-corrected chi connectivity index (χ4v) is 2.36. The summed E-state index contributed by atoms with van der Waals surface area (Å²) in [6, 6.07) is 16.8. The van der Waals surface area contributed by atoms with Crippen molar-refractivity contribution in [3.63, 3.8) is 0 Å². The van der Waals surface area contributed by atoms with E-state index >= 15 is 0 Å². The number of nitrogens with one attached hydrogen (secondary N) is 1. The summed E-state index contributed by atoms with van der Waals surface area (Å²) in [5, 5.41) is 14.7. The van der Waals surface area contributed by atoms with Crippen molar-refractivity contribution >= 4 is 23.4 Å². The number of rotatable bonds is 3. The van der Waals surface area contributed by atoms with Crippen molar-refractivity contribution in [2.75, 3.05) is 5.43 Å². The summed E-state index contributed by atoms with van der Waals surface area (Å²) < 4.78 is 0. The molecule has 22 heavy (non-hydrogen) atoms. The lowest BCUT2D eigenvalue weighted by atomic mass is 9.88. The lowest BCUT2D eigenvalue weighted by Crippen LogP contribution is -2.34. The van der Waals surface area contributed by atoms with E-state index in [9.17, 15) is 9.90 Å². The summed E-state index contributed by atoms with van der Waals surface area (Å²) >= 11 is 0. The predicted molar refractivity (Wildman–Crippen MR) is 86.2 cm³/mol. The van der Waals surface area contributed by atoms with Gasteiger partial charge in [-0.1, -0.05) is 42.5 Å². The van der Waals surface area contributed by atoms with Crippen molar-refractivity contribution in [1.29, 1.82) is 0 Å². The molecule has 2 aromatic rings. The normalized spacial score (nSPS) is 18.5. The molecule has 1 amide bonds. The molecule has 0 aliphatic heterocycles. The molecule has 0 fully saturated rings. The second-order valence-electron chi connectivity index (χ2n) is 4.93. The Morgan fingerprint density at radius 3 is 2.50 bits per heavy atom. The van der Waals surface area contributed by atoms with Crippen molar-refractivity contribution in [3.05, 3.63) is 71.3 Å². The van der Waals surface area contributed by atoms with E-state index in [0.717, 1.165) is 16.8 Å². The highest BCUT2D eigenvalue weighted by Crippen LogP contribution is 2.25. The minimum atomic E-state index is -1.15. The molecule has 1 aliphatic carbocycles. The number of fused-ring (bicyclic) bond motifs is 1. The number of para-hydroxylation sites is 1. The summed E-state index contributed by atoms with van der Waals surface area (Å²) in [6.07, 6.45) is 0.452. The fourth-order valence-electron chi connectivity index (χ4n) is 2.36. The third kappa shape index (κ3) is 2.62. The maximum Gasteiger partial charge on any atom is 0.247 e. The Morgan fingerprint density at radius 2 is 1.77 bits per heavy atom. The van der Waals surface area contributed by atoms with E-state index < -0.39 is 12.0 Å². The zero-order valence-corrected chi connectivity index (χ0v) is 11.7. The van der Waals surface area contributed by atoms with Crippen molar-refractivity contribution < 1.29 is 9.90 Å². The molecule has 1 aliphatic rings. The Bertz CT molecular complexity index is 766. The summed E-state index contributed by atoms with van der Waals surface area (Å²) in [6.45, 7) is 0. The number of hydrazone groups is 1. The highest BCUT2D eigenvalue weighted by molar-refractivity contribution is 6.17. The number of hydrogen-bond donors (Lipinski definition) is 3. The molecule has 4 N–H and O–H groups in total. The number of carbonyl (C=O) groups is 1. The lowest BCUT2D eigenvalue weighted by molar-refractivity contribution is -0.115. The zero-order valence-electron chi connectivity index (χ0n) is 11.7. The van der Waals surface area contributed by atoms with Crippen molar-refractivity contribution in [2.45, 2.75) is 6.10 Å². The van der Waals surface area contributed by atoms with Gasteiger partial charge < -0.3 is 10.8 Å². The molecule has 0 radical (unpaired) electrons. The largest absolute Gasteiger partial charge is 0.382 e. The Morgan fingerprint density at radius 1 is 1.09 bits per heavy atom. The van der Waals surface area contributed by atoms with Gasteiger partial charge in [0.05, 0.1) is 11.3 Å². The molecule has 0 saturated heterocycles. The molecule has 110 valence electrons. The molecule has 2 aromatic carbocycles. The summed E-state index contributed by atoms with van der Waals surface area (Å²) in [5.74, 6) is -0.658. The second-order valence-corrected chi connectivity index (χ2v) is 4.93. The van der Waals surface area contributed by atoms with Crippen LogP contribution in [0.5, 0.6) is 0 Å². The van der Waals surface area contributed by atoms with Crippen LogP contribution < -0.4 is 11.2 Å². The molecule has 1 unspecified atom stereocenters. The first-order valence-corrected chi connectivity index (χ1v) is 6.84. The van der Waals surface area contributed by atoms with E-state index in [-0.39, 0.29) is 5.57 Å². The average molecular weight is 293 g/mol. The Hall–Kier alpha value is -2.92. The highest BCUT2D eigenvalue weighted by atomic mass is 16.3. The molecule has 0 bridgehead atoms. The Labute approximate surface area is 127 Å². The SMILES string of the molecule is NC(=O)C1=Cc2ccccc2/C(=N/Nc2ccccc2)C1O. The molecule has 1 atom stereocenters. The number of hydrogen-bond acceptors (Lipinski definition) is 4. The molecule has 0 heterocycles. The number of nitrogens with two attached hydrogens (primary N) is 1. The molecular weight excluding hydrogens is 278 g/mol. The third-order valence-electron chi connectivity index (χ3n) is 3.47. The molecule has 0 aromatic heterocycles. The molecule has 3 rings (SSSR count). The average Bonchev–Trinajstić information content (AvgIpc) is 2.54. The molecule has 5 nitrogen and oxygen atoms in total. The van der Waals surface area contributed by atoms with Crippen LogP contribution in [0.2, 0.25) is 0 Å². The number of aliphatic hydroxyl groups excluding tert-OH is 1. The Balaban J connectivity index is 2.02. The van der Waals surface area contributed by atoms with Crippen LogP contribution in [-0.2, 0) is 4.79 Å². The van der Waals surface area contributed by atoms with Gasteiger partial charge in [0, 0.05) is 5.56 Å². The van der Waals surface area contributed by atoms with Crippen LogP contribution in [0.4, 0.5) is 5.69 Å². The minimum Gasteiger partial charge on any atom is -0.382 e. The van der Waals surface area contributed by atoms with Crippen LogP contribution >= 0.6 is 0 Å². The number of carbonyl (C=O) groups excluding carboxylic acids is 1. The minimum absolute atomic E-state index is 0.132. The first-order chi connectivity index (χ1) is 10.7. The zero-order chi connectivity index (χ0) is 15.5. The van der Waals surface area contributed by atoms with E-state index in [1.54, 1.807) is 6.08 Å². The van der Waals surface area contributed by atoms with Crippen LogP contribution in [-0.4, -0.2) is 22.8 Å². The maximum absolute atomic E-state index is 11.5. The summed E-state index contributed by atoms with van der Waals surface area (Å²) in [7, 11) is 0. The quantitative estimate of drug-likeness (QED) is 0.753. The van der Waals surface area contributed by atoms with Gasteiger partial charge in [-0.25, -0.2) is 0 Å². The van der Waals surface area contributed by atoms with Gasteiger partial charge in [0.1, 0.15) is 11.8 Å².